The van der Waals surface area contributed by atoms with Crippen LogP contribution in [0, 0.1) is 0 Å². The van der Waals surface area contributed by atoms with Crippen LogP contribution >= 0.6 is 0 Å². The maximum absolute atomic E-state index is 11.9. The van der Waals surface area contributed by atoms with Crippen molar-refractivity contribution in [1.82, 2.24) is 4.57 Å². The summed E-state index contributed by atoms with van der Waals surface area (Å²) in [5, 5.41) is 0. The first-order chi connectivity index (χ1) is 8.49. The van der Waals surface area contributed by atoms with E-state index in [9.17, 15) is 9.59 Å². The number of aromatic nitrogens is 1. The summed E-state index contributed by atoms with van der Waals surface area (Å²) in [6, 6.07) is 1.53. The van der Waals surface area contributed by atoms with Crippen molar-refractivity contribution in [3.05, 3.63) is 18.0 Å². The van der Waals surface area contributed by atoms with Crippen molar-refractivity contribution < 1.29 is 19.1 Å². The van der Waals surface area contributed by atoms with Crippen molar-refractivity contribution in [2.75, 3.05) is 12.8 Å². The van der Waals surface area contributed by atoms with Crippen molar-refractivity contribution in [3.63, 3.8) is 0 Å². The number of hydrogen-bond acceptors (Lipinski definition) is 5. The lowest BCUT2D eigenvalue weighted by Crippen LogP contribution is -2.26. The first kappa shape index (κ1) is 14.1. The van der Waals surface area contributed by atoms with Crippen LogP contribution in [0.4, 0.5) is 5.69 Å². The summed E-state index contributed by atoms with van der Waals surface area (Å²) in [5.41, 5.74) is 6.47. The van der Waals surface area contributed by atoms with E-state index in [-0.39, 0.29) is 0 Å². The number of rotatable bonds is 5. The number of nitrogen functional groups attached to an aromatic ring is 1. The second-order valence-corrected chi connectivity index (χ2v) is 3.92. The molecule has 1 rings (SSSR count). The number of nitrogens with zero attached hydrogens (tertiary/aromatic N) is 1. The SMILES string of the molecule is CCCn1cc(N)cc1C(=O)OC(C)C(=O)OC. The van der Waals surface area contributed by atoms with Crippen LogP contribution in [0.2, 0.25) is 0 Å². The quantitative estimate of drug-likeness (QED) is 0.798. The molecule has 0 spiro atoms. The minimum atomic E-state index is -0.936. The Labute approximate surface area is 106 Å². The number of aryl methyl sites for hydroxylation is 1. The van der Waals surface area contributed by atoms with E-state index in [1.54, 1.807) is 10.8 Å². The molecule has 2 N–H and O–H groups in total. The van der Waals surface area contributed by atoms with E-state index in [1.807, 2.05) is 6.92 Å². The number of methoxy groups -OCH3 is 1. The fraction of sp³-hybridized carbons (Fsp3) is 0.500. The van der Waals surface area contributed by atoms with Gasteiger partial charge >= 0.3 is 11.9 Å². The number of hydrogen-bond donors (Lipinski definition) is 1. The lowest BCUT2D eigenvalue weighted by atomic mass is 10.3. The summed E-state index contributed by atoms with van der Waals surface area (Å²) in [6.07, 6.45) is 1.60. The fourth-order valence-electron chi connectivity index (χ4n) is 1.56. The second kappa shape index (κ2) is 6.09. The zero-order chi connectivity index (χ0) is 13.7. The molecular weight excluding hydrogens is 236 g/mol. The molecule has 0 saturated carbocycles. The molecule has 1 aromatic heterocycles. The first-order valence-electron chi connectivity index (χ1n) is 5.74. The van der Waals surface area contributed by atoms with Crippen LogP contribution in [-0.4, -0.2) is 29.7 Å². The van der Waals surface area contributed by atoms with Gasteiger partial charge in [-0.2, -0.15) is 0 Å². The molecule has 1 aromatic rings. The molecular formula is C12H18N2O4. The van der Waals surface area contributed by atoms with E-state index >= 15 is 0 Å². The number of esters is 2. The minimum absolute atomic E-state index is 0.338. The van der Waals surface area contributed by atoms with Gasteiger partial charge in [-0.05, 0) is 19.4 Å². The lowest BCUT2D eigenvalue weighted by molar-refractivity contribution is -0.149. The molecule has 1 atom stereocenters. The van der Waals surface area contributed by atoms with Crippen LogP contribution in [0.25, 0.3) is 0 Å². The van der Waals surface area contributed by atoms with Crippen LogP contribution < -0.4 is 5.73 Å². The highest BCUT2D eigenvalue weighted by molar-refractivity contribution is 5.91. The monoisotopic (exact) mass is 254 g/mol. The molecule has 0 aliphatic rings. The van der Waals surface area contributed by atoms with Crippen LogP contribution in [-0.2, 0) is 20.8 Å². The third-order valence-corrected chi connectivity index (χ3v) is 2.41. The summed E-state index contributed by atoms with van der Waals surface area (Å²) in [7, 11) is 1.24. The van der Waals surface area contributed by atoms with Crippen molar-refractivity contribution in [2.24, 2.45) is 0 Å². The molecule has 1 unspecified atom stereocenters. The third-order valence-electron chi connectivity index (χ3n) is 2.41. The van der Waals surface area contributed by atoms with Crippen molar-refractivity contribution >= 4 is 17.6 Å². The van der Waals surface area contributed by atoms with Gasteiger partial charge in [0, 0.05) is 12.7 Å². The Hall–Kier alpha value is -1.98. The van der Waals surface area contributed by atoms with Crippen molar-refractivity contribution in [2.45, 2.75) is 32.9 Å². The molecule has 6 heteroatoms. The van der Waals surface area contributed by atoms with Gasteiger partial charge in [0.1, 0.15) is 5.69 Å². The minimum Gasteiger partial charge on any atom is -0.466 e. The number of ether oxygens (including phenoxy) is 2. The molecule has 0 aliphatic heterocycles. The molecule has 0 bridgehead atoms. The van der Waals surface area contributed by atoms with Crippen LogP contribution in [0.5, 0.6) is 0 Å². The second-order valence-electron chi connectivity index (χ2n) is 3.92. The van der Waals surface area contributed by atoms with E-state index in [4.69, 9.17) is 10.5 Å². The normalized spacial score (nSPS) is 11.9. The summed E-state index contributed by atoms with van der Waals surface area (Å²) in [6.45, 7) is 4.11. The maximum Gasteiger partial charge on any atom is 0.355 e. The van der Waals surface area contributed by atoms with Gasteiger partial charge in [-0.1, -0.05) is 6.92 Å². The Morgan fingerprint density at radius 3 is 2.72 bits per heavy atom. The Balaban J connectivity index is 2.80. The molecule has 0 saturated heterocycles. The van der Waals surface area contributed by atoms with Gasteiger partial charge < -0.3 is 19.8 Å². The Morgan fingerprint density at radius 2 is 2.17 bits per heavy atom. The topological polar surface area (TPSA) is 83.5 Å². The van der Waals surface area contributed by atoms with Gasteiger partial charge in [-0.15, -0.1) is 0 Å². The van der Waals surface area contributed by atoms with Crippen LogP contribution in [0.3, 0.4) is 0 Å². The van der Waals surface area contributed by atoms with Crippen molar-refractivity contribution in [1.29, 1.82) is 0 Å². The lowest BCUT2D eigenvalue weighted by Gasteiger charge is -2.12. The number of nitrogens with two attached hydrogens (primary N) is 1. The highest BCUT2D eigenvalue weighted by Gasteiger charge is 2.21. The smallest absolute Gasteiger partial charge is 0.355 e. The largest absolute Gasteiger partial charge is 0.466 e. The zero-order valence-corrected chi connectivity index (χ0v) is 10.8. The molecule has 0 aromatic carbocycles. The van der Waals surface area contributed by atoms with Gasteiger partial charge in [0.05, 0.1) is 12.8 Å². The zero-order valence-electron chi connectivity index (χ0n) is 10.8. The summed E-state index contributed by atoms with van der Waals surface area (Å²) in [4.78, 5) is 23.0. The third kappa shape index (κ3) is 3.26. The molecule has 6 nitrogen and oxygen atoms in total. The Kier molecular flexibility index (Phi) is 4.76. The van der Waals surface area contributed by atoms with E-state index in [2.05, 4.69) is 4.74 Å². The van der Waals surface area contributed by atoms with Gasteiger partial charge in [0.2, 0.25) is 0 Å². The summed E-state index contributed by atoms with van der Waals surface area (Å²) in [5.74, 6) is -1.18. The molecule has 18 heavy (non-hydrogen) atoms. The molecule has 1 heterocycles. The van der Waals surface area contributed by atoms with Crippen molar-refractivity contribution in [3.8, 4) is 0 Å². The van der Waals surface area contributed by atoms with E-state index in [0.29, 0.717) is 17.9 Å². The number of anilines is 1. The van der Waals surface area contributed by atoms with Crippen LogP contribution in [0.1, 0.15) is 30.8 Å². The highest BCUT2D eigenvalue weighted by Crippen LogP contribution is 2.13. The predicted molar refractivity (Wildman–Crippen MR) is 66.0 cm³/mol. The maximum atomic E-state index is 11.9. The van der Waals surface area contributed by atoms with Gasteiger partial charge in [-0.3, -0.25) is 0 Å². The predicted octanol–water partition coefficient (Wildman–Crippen LogP) is 1.20. The fourth-order valence-corrected chi connectivity index (χ4v) is 1.56. The number of carbonyl (C=O) groups is 2. The standard InChI is InChI=1S/C12H18N2O4/c1-4-5-14-7-9(13)6-10(14)12(16)18-8(2)11(15)17-3/h6-8H,4-5,13H2,1-3H3. The van der Waals surface area contributed by atoms with Gasteiger partial charge in [0.25, 0.3) is 0 Å². The van der Waals surface area contributed by atoms with Gasteiger partial charge in [0.15, 0.2) is 6.10 Å². The average Bonchev–Trinajstić information content (AvgIpc) is 2.69. The molecule has 0 fully saturated rings. The molecule has 0 radical (unpaired) electrons. The molecule has 100 valence electrons. The molecule has 0 amide bonds. The summed E-state index contributed by atoms with van der Waals surface area (Å²) >= 11 is 0. The number of carbonyl (C=O) groups excluding carboxylic acids is 2. The van der Waals surface area contributed by atoms with Gasteiger partial charge in [-0.25, -0.2) is 9.59 Å². The van der Waals surface area contributed by atoms with E-state index < -0.39 is 18.0 Å². The Morgan fingerprint density at radius 1 is 1.50 bits per heavy atom. The molecule has 0 aliphatic carbocycles. The summed E-state index contributed by atoms with van der Waals surface area (Å²) < 4.78 is 11.2. The van der Waals surface area contributed by atoms with E-state index in [0.717, 1.165) is 6.42 Å². The Bertz CT molecular complexity index is 439. The average molecular weight is 254 g/mol. The first-order valence-corrected chi connectivity index (χ1v) is 5.74. The highest BCUT2D eigenvalue weighted by atomic mass is 16.6. The van der Waals surface area contributed by atoms with Crippen LogP contribution in [0.15, 0.2) is 12.3 Å². The van der Waals surface area contributed by atoms with E-state index in [1.165, 1.54) is 20.1 Å².